The summed E-state index contributed by atoms with van der Waals surface area (Å²) >= 11 is 0. The topological polar surface area (TPSA) is 90.7 Å². The molecule has 0 saturated heterocycles. The van der Waals surface area contributed by atoms with Gasteiger partial charge in [-0.05, 0) is 25.1 Å². The molecule has 1 atom stereocenters. The molecule has 3 rings (SSSR count). The Hall–Kier alpha value is -2.34. The van der Waals surface area contributed by atoms with E-state index >= 15 is 0 Å². The summed E-state index contributed by atoms with van der Waals surface area (Å²) in [5.74, 6) is 1.09. The van der Waals surface area contributed by atoms with Crippen molar-refractivity contribution >= 4 is 11.0 Å². The van der Waals surface area contributed by atoms with Gasteiger partial charge in [-0.25, -0.2) is 0 Å². The molecule has 1 aromatic carbocycles. The third-order valence-corrected chi connectivity index (χ3v) is 2.69. The highest BCUT2D eigenvalue weighted by Crippen LogP contribution is 2.20. The molecule has 0 aliphatic rings. The van der Waals surface area contributed by atoms with Gasteiger partial charge in [-0.1, -0.05) is 5.16 Å². The van der Waals surface area contributed by atoms with Crippen molar-refractivity contribution in [2.24, 2.45) is 5.73 Å². The largest absolute Gasteiger partial charge is 0.339 e. The van der Waals surface area contributed by atoms with Crippen LogP contribution in [0.25, 0.3) is 22.4 Å². The average molecular weight is 255 g/mol. The molecule has 6 heteroatoms. The smallest absolute Gasteiger partial charge is 0.228 e. The van der Waals surface area contributed by atoms with Crippen molar-refractivity contribution in [3.8, 4) is 11.4 Å². The van der Waals surface area contributed by atoms with Crippen molar-refractivity contribution < 1.29 is 4.52 Å². The number of hydrogen-bond donors (Lipinski definition) is 1. The lowest BCUT2D eigenvalue weighted by molar-refractivity contribution is 0.372. The van der Waals surface area contributed by atoms with E-state index < -0.39 is 0 Å². The Labute approximate surface area is 109 Å². The molecular formula is C13H13N5O. The van der Waals surface area contributed by atoms with Crippen LogP contribution in [0.2, 0.25) is 0 Å². The Morgan fingerprint density at radius 1 is 1.21 bits per heavy atom. The van der Waals surface area contributed by atoms with Gasteiger partial charge in [-0.3, -0.25) is 9.97 Å². The fraction of sp³-hybridized carbons (Fsp3) is 0.231. The Morgan fingerprint density at radius 3 is 2.79 bits per heavy atom. The molecule has 3 aromatic rings. The van der Waals surface area contributed by atoms with Gasteiger partial charge in [-0.15, -0.1) is 0 Å². The second kappa shape index (κ2) is 4.74. The monoisotopic (exact) mass is 255 g/mol. The molecule has 2 heterocycles. The maximum absolute atomic E-state index is 5.70. The first kappa shape index (κ1) is 11.7. The van der Waals surface area contributed by atoms with Gasteiger partial charge < -0.3 is 10.3 Å². The predicted octanol–water partition coefficient (Wildman–Crippen LogP) is 1.57. The predicted molar refractivity (Wildman–Crippen MR) is 70.2 cm³/mol. The number of rotatable bonds is 3. The third-order valence-electron chi connectivity index (χ3n) is 2.69. The summed E-state index contributed by atoms with van der Waals surface area (Å²) in [6, 6.07) is 5.68. The minimum absolute atomic E-state index is 0.00392. The summed E-state index contributed by atoms with van der Waals surface area (Å²) in [6.45, 7) is 1.90. The van der Waals surface area contributed by atoms with Crippen molar-refractivity contribution in [3.63, 3.8) is 0 Å². The molecule has 0 spiro atoms. The van der Waals surface area contributed by atoms with Crippen LogP contribution >= 0.6 is 0 Å². The van der Waals surface area contributed by atoms with E-state index in [1.165, 1.54) is 0 Å². The summed E-state index contributed by atoms with van der Waals surface area (Å²) in [5, 5.41) is 3.96. The van der Waals surface area contributed by atoms with Crippen LogP contribution in [-0.2, 0) is 6.42 Å². The number of nitrogens with two attached hydrogens (primary N) is 1. The van der Waals surface area contributed by atoms with Crippen LogP contribution in [0.15, 0.2) is 35.1 Å². The standard InChI is InChI=1S/C13H13N5O/c1-8(14)6-12-17-13(18-19-12)9-2-3-10-11(7-9)16-5-4-15-10/h2-5,7-8H,6,14H2,1H3. The normalized spacial score (nSPS) is 12.7. The first-order valence-electron chi connectivity index (χ1n) is 6.01. The summed E-state index contributed by atoms with van der Waals surface area (Å²) in [6.07, 6.45) is 3.89. The van der Waals surface area contributed by atoms with E-state index in [4.69, 9.17) is 10.3 Å². The number of fused-ring (bicyclic) bond motifs is 1. The SMILES string of the molecule is CC(N)Cc1nc(-c2ccc3nccnc3c2)no1. The minimum Gasteiger partial charge on any atom is -0.339 e. The number of aromatic nitrogens is 4. The molecule has 6 nitrogen and oxygen atoms in total. The Bertz CT molecular complexity index is 707. The van der Waals surface area contributed by atoms with Crippen molar-refractivity contribution in [1.29, 1.82) is 0 Å². The maximum Gasteiger partial charge on any atom is 0.228 e. The number of benzene rings is 1. The van der Waals surface area contributed by atoms with Gasteiger partial charge in [0.15, 0.2) is 0 Å². The van der Waals surface area contributed by atoms with Crippen LogP contribution in [0.1, 0.15) is 12.8 Å². The van der Waals surface area contributed by atoms with Crippen LogP contribution in [0.3, 0.4) is 0 Å². The Kier molecular flexibility index (Phi) is 2.92. The first-order valence-corrected chi connectivity index (χ1v) is 6.01. The van der Waals surface area contributed by atoms with Crippen LogP contribution in [0, 0.1) is 0 Å². The lowest BCUT2D eigenvalue weighted by atomic mass is 10.2. The van der Waals surface area contributed by atoms with Gasteiger partial charge in [0.1, 0.15) is 0 Å². The summed E-state index contributed by atoms with van der Waals surface area (Å²) in [7, 11) is 0. The second-order valence-electron chi connectivity index (χ2n) is 4.45. The first-order chi connectivity index (χ1) is 9.22. The molecule has 0 aliphatic carbocycles. The highest BCUT2D eigenvalue weighted by molar-refractivity contribution is 5.79. The molecule has 0 saturated carbocycles. The highest BCUT2D eigenvalue weighted by atomic mass is 16.5. The molecule has 96 valence electrons. The molecule has 0 fully saturated rings. The highest BCUT2D eigenvalue weighted by Gasteiger charge is 2.10. The quantitative estimate of drug-likeness (QED) is 0.763. The second-order valence-corrected chi connectivity index (χ2v) is 4.45. The molecular weight excluding hydrogens is 242 g/mol. The van der Waals surface area contributed by atoms with E-state index in [9.17, 15) is 0 Å². The van der Waals surface area contributed by atoms with E-state index in [1.807, 2.05) is 25.1 Å². The van der Waals surface area contributed by atoms with E-state index in [0.29, 0.717) is 18.1 Å². The Balaban J connectivity index is 1.97. The molecule has 0 radical (unpaired) electrons. The molecule has 2 aromatic heterocycles. The molecule has 19 heavy (non-hydrogen) atoms. The lowest BCUT2D eigenvalue weighted by Gasteiger charge is -1.98. The van der Waals surface area contributed by atoms with Gasteiger partial charge in [0, 0.05) is 30.4 Å². The van der Waals surface area contributed by atoms with Crippen LogP contribution in [0.4, 0.5) is 0 Å². The summed E-state index contributed by atoms with van der Waals surface area (Å²) in [4.78, 5) is 12.8. The molecule has 0 aliphatic heterocycles. The minimum atomic E-state index is -0.00392. The molecule has 0 amide bonds. The molecule has 1 unspecified atom stereocenters. The Morgan fingerprint density at radius 2 is 2.00 bits per heavy atom. The van der Waals surface area contributed by atoms with Crippen molar-refractivity contribution in [2.45, 2.75) is 19.4 Å². The lowest BCUT2D eigenvalue weighted by Crippen LogP contribution is -2.17. The van der Waals surface area contributed by atoms with E-state index in [-0.39, 0.29) is 6.04 Å². The van der Waals surface area contributed by atoms with Gasteiger partial charge in [-0.2, -0.15) is 4.98 Å². The van der Waals surface area contributed by atoms with Crippen molar-refractivity contribution in [2.75, 3.05) is 0 Å². The van der Waals surface area contributed by atoms with Crippen LogP contribution < -0.4 is 5.73 Å². The van der Waals surface area contributed by atoms with Gasteiger partial charge >= 0.3 is 0 Å². The van der Waals surface area contributed by atoms with Crippen LogP contribution in [-0.4, -0.2) is 26.2 Å². The molecule has 2 N–H and O–H groups in total. The number of hydrogen-bond acceptors (Lipinski definition) is 6. The van der Waals surface area contributed by atoms with Gasteiger partial charge in [0.25, 0.3) is 0 Å². The molecule has 0 bridgehead atoms. The average Bonchev–Trinajstić information content (AvgIpc) is 2.86. The number of nitrogens with zero attached hydrogens (tertiary/aromatic N) is 4. The summed E-state index contributed by atoms with van der Waals surface area (Å²) in [5.41, 5.74) is 8.20. The fourth-order valence-electron chi connectivity index (χ4n) is 1.83. The van der Waals surface area contributed by atoms with E-state index in [1.54, 1.807) is 12.4 Å². The van der Waals surface area contributed by atoms with Crippen LogP contribution in [0.5, 0.6) is 0 Å². The third kappa shape index (κ3) is 2.43. The maximum atomic E-state index is 5.70. The zero-order chi connectivity index (χ0) is 13.2. The van der Waals surface area contributed by atoms with Crippen molar-refractivity contribution in [3.05, 3.63) is 36.5 Å². The van der Waals surface area contributed by atoms with E-state index in [2.05, 4.69) is 20.1 Å². The fourth-order valence-corrected chi connectivity index (χ4v) is 1.83. The summed E-state index contributed by atoms with van der Waals surface area (Å²) < 4.78 is 5.16. The van der Waals surface area contributed by atoms with Gasteiger partial charge in [0.05, 0.1) is 11.0 Å². The zero-order valence-electron chi connectivity index (χ0n) is 10.4. The zero-order valence-corrected chi connectivity index (χ0v) is 10.4. The van der Waals surface area contributed by atoms with Gasteiger partial charge in [0.2, 0.25) is 11.7 Å². The van der Waals surface area contributed by atoms with Crippen molar-refractivity contribution in [1.82, 2.24) is 20.1 Å². The van der Waals surface area contributed by atoms with E-state index in [0.717, 1.165) is 16.6 Å².